The Balaban J connectivity index is 2.23. The van der Waals surface area contributed by atoms with E-state index in [1.807, 2.05) is 36.9 Å². The van der Waals surface area contributed by atoms with Crippen LogP contribution in [0, 0.1) is 12.3 Å². The van der Waals surface area contributed by atoms with Crippen molar-refractivity contribution in [3.8, 4) is 0 Å². The van der Waals surface area contributed by atoms with Crippen molar-refractivity contribution in [3.05, 3.63) is 29.3 Å². The van der Waals surface area contributed by atoms with Gasteiger partial charge in [-0.3, -0.25) is 0 Å². The molecule has 2 rings (SSSR count). The topological polar surface area (TPSA) is 38.3 Å². The summed E-state index contributed by atoms with van der Waals surface area (Å²) in [5.74, 6) is 2.06. The highest BCUT2D eigenvalue weighted by atomic mass is 32.2. The van der Waals surface area contributed by atoms with Crippen molar-refractivity contribution in [2.24, 2.45) is 5.41 Å². The Labute approximate surface area is 125 Å². The highest BCUT2D eigenvalue weighted by Crippen LogP contribution is 2.36. The van der Waals surface area contributed by atoms with Gasteiger partial charge in [0.15, 0.2) is 0 Å². The lowest BCUT2D eigenvalue weighted by Crippen LogP contribution is -2.41. The van der Waals surface area contributed by atoms with Crippen LogP contribution in [-0.2, 0) is 4.74 Å². The molecule has 1 atom stereocenters. The molecule has 1 aliphatic rings. The van der Waals surface area contributed by atoms with Gasteiger partial charge in [-0.25, -0.2) is 4.79 Å². The molecule has 0 radical (unpaired) electrons. The van der Waals surface area contributed by atoms with Gasteiger partial charge in [-0.1, -0.05) is 19.9 Å². The predicted molar refractivity (Wildman–Crippen MR) is 85.7 cm³/mol. The zero-order valence-corrected chi connectivity index (χ0v) is 13.5. The van der Waals surface area contributed by atoms with Crippen molar-refractivity contribution < 1.29 is 9.53 Å². The number of rotatable bonds is 3. The maximum Gasteiger partial charge on any atom is 0.338 e. The molecular weight excluding hydrogens is 270 g/mol. The zero-order chi connectivity index (χ0) is 14.8. The van der Waals surface area contributed by atoms with Crippen LogP contribution in [0.2, 0.25) is 0 Å². The first kappa shape index (κ1) is 15.2. The zero-order valence-electron chi connectivity index (χ0n) is 12.7. The lowest BCUT2D eigenvalue weighted by molar-refractivity contribution is 0.0600. The highest BCUT2D eigenvalue weighted by Gasteiger charge is 2.32. The number of carbonyl (C=O) groups is 1. The number of thioether (sulfide) groups is 1. The normalized spacial score (nSPS) is 21.3. The Bertz CT molecular complexity index is 499. The molecule has 4 heteroatoms. The monoisotopic (exact) mass is 293 g/mol. The Morgan fingerprint density at radius 1 is 1.45 bits per heavy atom. The summed E-state index contributed by atoms with van der Waals surface area (Å²) in [4.78, 5) is 11.8. The van der Waals surface area contributed by atoms with Gasteiger partial charge in [-0.05, 0) is 42.2 Å². The second-order valence-corrected chi connectivity index (χ2v) is 7.13. The van der Waals surface area contributed by atoms with E-state index in [1.165, 1.54) is 19.3 Å². The van der Waals surface area contributed by atoms with Gasteiger partial charge in [0.1, 0.15) is 0 Å². The average molecular weight is 293 g/mol. The van der Waals surface area contributed by atoms with Crippen LogP contribution >= 0.6 is 11.8 Å². The van der Waals surface area contributed by atoms with Crippen LogP contribution in [0.25, 0.3) is 0 Å². The van der Waals surface area contributed by atoms with Crippen LogP contribution in [0.5, 0.6) is 0 Å². The van der Waals surface area contributed by atoms with E-state index in [9.17, 15) is 4.79 Å². The van der Waals surface area contributed by atoms with Crippen LogP contribution in [0.3, 0.4) is 0 Å². The number of nitrogens with one attached hydrogen (secondary N) is 1. The summed E-state index contributed by atoms with van der Waals surface area (Å²) in [6.45, 7) is 6.59. The highest BCUT2D eigenvalue weighted by molar-refractivity contribution is 7.99. The molecule has 1 aromatic rings. The fourth-order valence-electron chi connectivity index (χ4n) is 2.48. The summed E-state index contributed by atoms with van der Waals surface area (Å²) >= 11 is 1.99. The summed E-state index contributed by atoms with van der Waals surface area (Å²) in [5, 5.41) is 3.63. The average Bonchev–Trinajstić information content (AvgIpc) is 2.42. The molecule has 3 nitrogen and oxygen atoms in total. The lowest BCUT2D eigenvalue weighted by atomic mass is 9.82. The lowest BCUT2D eigenvalue weighted by Gasteiger charge is -2.39. The fraction of sp³-hybridized carbons (Fsp3) is 0.562. The molecule has 0 saturated carbocycles. The van der Waals surface area contributed by atoms with E-state index in [0.717, 1.165) is 17.0 Å². The number of anilines is 1. The van der Waals surface area contributed by atoms with Gasteiger partial charge in [0.25, 0.3) is 0 Å². The number of hydrogen-bond acceptors (Lipinski definition) is 4. The molecule has 1 N–H and O–H groups in total. The van der Waals surface area contributed by atoms with Gasteiger partial charge in [-0.2, -0.15) is 11.8 Å². The van der Waals surface area contributed by atoms with Crippen molar-refractivity contribution in [1.82, 2.24) is 0 Å². The van der Waals surface area contributed by atoms with Crippen LogP contribution in [0.15, 0.2) is 18.2 Å². The van der Waals surface area contributed by atoms with Crippen molar-refractivity contribution in [1.29, 1.82) is 0 Å². The van der Waals surface area contributed by atoms with E-state index in [0.29, 0.717) is 11.6 Å². The number of carbonyl (C=O) groups excluding carboxylic acids is 1. The first-order valence-electron chi connectivity index (χ1n) is 6.98. The second-order valence-electron chi connectivity index (χ2n) is 5.98. The minimum atomic E-state index is -0.275. The first-order chi connectivity index (χ1) is 9.45. The smallest absolute Gasteiger partial charge is 0.338 e. The third kappa shape index (κ3) is 3.11. The Kier molecular flexibility index (Phi) is 4.63. The summed E-state index contributed by atoms with van der Waals surface area (Å²) in [5.41, 5.74) is 2.91. The van der Waals surface area contributed by atoms with Crippen molar-refractivity contribution in [3.63, 3.8) is 0 Å². The molecular formula is C16H23NO2S. The summed E-state index contributed by atoms with van der Waals surface area (Å²) in [6, 6.07) is 6.18. The maximum absolute atomic E-state index is 11.8. The SMILES string of the molecule is COC(=O)c1cccc(NC2CSCCC2(C)C)c1C. The molecule has 0 bridgehead atoms. The Morgan fingerprint density at radius 2 is 2.20 bits per heavy atom. The number of ether oxygens (including phenoxy) is 1. The van der Waals surface area contributed by atoms with Gasteiger partial charge in [0.2, 0.25) is 0 Å². The van der Waals surface area contributed by atoms with Crippen molar-refractivity contribution in [2.45, 2.75) is 33.2 Å². The van der Waals surface area contributed by atoms with E-state index in [1.54, 1.807) is 0 Å². The summed E-state index contributed by atoms with van der Waals surface area (Å²) < 4.78 is 4.83. The fourth-order valence-corrected chi connectivity index (χ4v) is 4.09. The quantitative estimate of drug-likeness (QED) is 0.862. The number of benzene rings is 1. The number of methoxy groups -OCH3 is 1. The third-order valence-electron chi connectivity index (χ3n) is 4.19. The van der Waals surface area contributed by atoms with Crippen LogP contribution in [-0.4, -0.2) is 30.6 Å². The van der Waals surface area contributed by atoms with Gasteiger partial charge in [-0.15, -0.1) is 0 Å². The van der Waals surface area contributed by atoms with Crippen molar-refractivity contribution in [2.75, 3.05) is 23.9 Å². The molecule has 1 aliphatic heterocycles. The molecule has 0 aromatic heterocycles. The molecule has 1 unspecified atom stereocenters. The number of hydrogen-bond donors (Lipinski definition) is 1. The van der Waals surface area contributed by atoms with Gasteiger partial charge >= 0.3 is 5.97 Å². The Morgan fingerprint density at radius 3 is 2.85 bits per heavy atom. The van der Waals surface area contributed by atoms with E-state index >= 15 is 0 Å². The molecule has 0 spiro atoms. The molecule has 1 saturated heterocycles. The third-order valence-corrected chi connectivity index (χ3v) is 5.25. The first-order valence-corrected chi connectivity index (χ1v) is 8.13. The second kappa shape index (κ2) is 6.08. The van der Waals surface area contributed by atoms with Crippen molar-refractivity contribution >= 4 is 23.4 Å². The predicted octanol–water partition coefficient (Wildman–Crippen LogP) is 3.73. The molecule has 0 amide bonds. The van der Waals surface area contributed by atoms with E-state index in [-0.39, 0.29) is 11.4 Å². The van der Waals surface area contributed by atoms with Gasteiger partial charge in [0.05, 0.1) is 12.7 Å². The largest absolute Gasteiger partial charge is 0.465 e. The standard InChI is InChI=1S/C16H23NO2S/c1-11-12(15(18)19-4)6-5-7-13(11)17-14-10-20-9-8-16(14,2)3/h5-7,14,17H,8-10H2,1-4H3. The molecule has 0 aliphatic carbocycles. The minimum absolute atomic E-state index is 0.275. The molecule has 1 aromatic carbocycles. The molecule has 1 fully saturated rings. The minimum Gasteiger partial charge on any atom is -0.465 e. The summed E-state index contributed by atoms with van der Waals surface area (Å²) in [7, 11) is 1.42. The van der Waals surface area contributed by atoms with Gasteiger partial charge in [0, 0.05) is 17.5 Å². The summed E-state index contributed by atoms with van der Waals surface area (Å²) in [6.07, 6.45) is 1.21. The van der Waals surface area contributed by atoms with Gasteiger partial charge < -0.3 is 10.1 Å². The molecule has 110 valence electrons. The number of esters is 1. The maximum atomic E-state index is 11.8. The van der Waals surface area contributed by atoms with Crippen LogP contribution < -0.4 is 5.32 Å². The van der Waals surface area contributed by atoms with E-state index in [4.69, 9.17) is 4.74 Å². The van der Waals surface area contributed by atoms with E-state index < -0.39 is 0 Å². The Hall–Kier alpha value is -1.16. The van der Waals surface area contributed by atoms with Crippen LogP contribution in [0.4, 0.5) is 5.69 Å². The molecule has 20 heavy (non-hydrogen) atoms. The molecule has 1 heterocycles. The van der Waals surface area contributed by atoms with E-state index in [2.05, 4.69) is 19.2 Å². The van der Waals surface area contributed by atoms with Crippen LogP contribution in [0.1, 0.15) is 36.2 Å².